The van der Waals surface area contributed by atoms with E-state index < -0.39 is 66.0 Å². The number of aromatic nitrogens is 3. The third kappa shape index (κ3) is 6.22. The van der Waals surface area contributed by atoms with Crippen LogP contribution in [0.5, 0.6) is 0 Å². The smallest absolute Gasteiger partial charge is 0.387 e. The fraction of sp³-hybridized carbons (Fsp3) is 0.700. The number of nitrogens with zero attached hydrogens (tertiary/aromatic N) is 3. The molecule has 2 heterocycles. The van der Waals surface area contributed by atoms with E-state index in [0.29, 0.717) is 0 Å². The highest BCUT2D eigenvalue weighted by molar-refractivity contribution is 7.66. The van der Waals surface area contributed by atoms with E-state index in [1.807, 2.05) is 0 Å². The Morgan fingerprint density at radius 2 is 1.88 bits per heavy atom. The summed E-state index contributed by atoms with van der Waals surface area (Å²) in [5.74, 6) is -0.368. The summed E-state index contributed by atoms with van der Waals surface area (Å²) in [6.45, 7) is -1.08. The topological polar surface area (TPSA) is 263 Å². The van der Waals surface area contributed by atoms with Crippen LogP contribution in [0, 0.1) is 0 Å². The number of aliphatic hydroxyl groups excluding tert-OH is 1. The van der Waals surface area contributed by atoms with Crippen LogP contribution in [-0.4, -0.2) is 70.1 Å². The number of nitrogen functional groups attached to an aromatic ring is 1. The van der Waals surface area contributed by atoms with Gasteiger partial charge in [0.2, 0.25) is 5.67 Å². The predicted octanol–water partition coefficient (Wildman–Crippen LogP) is -1.11. The summed E-state index contributed by atoms with van der Waals surface area (Å²) in [7, 11) is -17.2. The lowest BCUT2D eigenvalue weighted by atomic mass is 9.95. The Hall–Kier alpha value is -1.20. The van der Waals surface area contributed by atoms with Gasteiger partial charge in [-0.3, -0.25) is 4.52 Å². The summed E-state index contributed by atoms with van der Waals surface area (Å²) in [5, 5.41) is 13.6. The fourth-order valence-corrected chi connectivity index (χ4v) is 5.82. The number of halogens is 2. The molecule has 184 valence electrons. The molecule has 0 aliphatic carbocycles. The van der Waals surface area contributed by atoms with Crippen LogP contribution >= 0.6 is 23.5 Å². The van der Waals surface area contributed by atoms with Crippen molar-refractivity contribution in [1.82, 2.24) is 14.8 Å². The lowest BCUT2D eigenvalue weighted by molar-refractivity contribution is -0.0917. The third-order valence-electron chi connectivity index (χ3n) is 3.84. The molecule has 0 amide bonds. The number of hydrogen-bond donors (Lipinski definition) is 6. The lowest BCUT2D eigenvalue weighted by Gasteiger charge is -2.26. The minimum Gasteiger partial charge on any atom is -0.387 e. The summed E-state index contributed by atoms with van der Waals surface area (Å²) < 4.78 is 79.3. The molecule has 1 fully saturated rings. The van der Waals surface area contributed by atoms with Crippen LogP contribution in [0.3, 0.4) is 0 Å². The predicted molar refractivity (Wildman–Crippen MR) is 94.8 cm³/mol. The van der Waals surface area contributed by atoms with Crippen LogP contribution in [0.1, 0.15) is 13.2 Å². The molecule has 3 unspecified atom stereocenters. The summed E-state index contributed by atoms with van der Waals surface area (Å²) >= 11 is 0. The second-order valence-electron chi connectivity index (χ2n) is 6.27. The van der Waals surface area contributed by atoms with E-state index in [0.717, 1.165) is 13.1 Å². The van der Waals surface area contributed by atoms with Gasteiger partial charge in [-0.1, -0.05) is 0 Å². The van der Waals surface area contributed by atoms with Gasteiger partial charge in [0.05, 0.1) is 12.3 Å². The highest BCUT2D eigenvalue weighted by atomic mass is 31.3. The number of rotatable bonds is 9. The molecule has 7 atom stereocenters. The van der Waals surface area contributed by atoms with E-state index in [4.69, 9.17) is 25.2 Å². The zero-order valence-corrected chi connectivity index (χ0v) is 18.3. The van der Waals surface area contributed by atoms with Crippen LogP contribution < -0.4 is 11.4 Å². The van der Waals surface area contributed by atoms with Crippen molar-refractivity contribution in [2.75, 3.05) is 12.4 Å². The molecule has 32 heavy (non-hydrogen) atoms. The second kappa shape index (κ2) is 9.21. The average molecular weight is 532 g/mol. The molecule has 7 N–H and O–H groups in total. The van der Waals surface area contributed by atoms with Gasteiger partial charge in [-0.15, -0.1) is 0 Å². The molecule has 1 saturated heterocycles. The van der Waals surface area contributed by atoms with E-state index >= 15 is 4.39 Å². The van der Waals surface area contributed by atoms with Gasteiger partial charge in [-0.05, 0) is 6.92 Å². The first-order valence-corrected chi connectivity index (χ1v) is 12.5. The zero-order chi connectivity index (χ0) is 24.7. The quantitative estimate of drug-likeness (QED) is 0.206. The van der Waals surface area contributed by atoms with Crippen molar-refractivity contribution in [2.24, 2.45) is 0 Å². The Kier molecular flexibility index (Phi) is 7.79. The number of hydrogen-bond acceptors (Lipinski definition) is 12. The first-order valence-electron chi connectivity index (χ1n) is 8.03. The Balaban J connectivity index is 2.25. The van der Waals surface area contributed by atoms with Gasteiger partial charge in [0, 0.05) is 0 Å². The van der Waals surface area contributed by atoms with Gasteiger partial charge in [-0.25, -0.2) is 27.3 Å². The summed E-state index contributed by atoms with van der Waals surface area (Å²) in [6, 6.07) is 0. The van der Waals surface area contributed by atoms with Gasteiger partial charge in [0.25, 0.3) is 0 Å². The molecule has 22 heteroatoms. The molecule has 0 aromatic carbocycles. The molecular formula is C10H17F2N4O13P3. The van der Waals surface area contributed by atoms with Crippen molar-refractivity contribution in [3.8, 4) is 0 Å². The highest BCUT2D eigenvalue weighted by Gasteiger charge is 2.61. The van der Waals surface area contributed by atoms with Gasteiger partial charge in [-0.2, -0.15) is 23.4 Å². The summed E-state index contributed by atoms with van der Waals surface area (Å²) in [5.41, 5.74) is 0.614. The van der Waals surface area contributed by atoms with Gasteiger partial charge in [0.15, 0.2) is 6.23 Å². The molecule has 1 aliphatic heterocycles. The van der Waals surface area contributed by atoms with Crippen LogP contribution in [0.15, 0.2) is 11.0 Å². The van der Waals surface area contributed by atoms with Gasteiger partial charge in [0.1, 0.15) is 24.7 Å². The number of alkyl halides is 2. The van der Waals surface area contributed by atoms with Gasteiger partial charge < -0.3 is 35.2 Å². The number of aliphatic hydroxyl groups is 1. The minimum absolute atomic E-state index is 0.205. The van der Waals surface area contributed by atoms with E-state index in [2.05, 4.69) is 23.2 Å². The molecule has 17 nitrogen and oxygen atoms in total. The highest BCUT2D eigenvalue weighted by Crippen LogP contribution is 2.66. The van der Waals surface area contributed by atoms with Crippen LogP contribution in [0.4, 0.5) is 14.6 Å². The van der Waals surface area contributed by atoms with Crippen molar-refractivity contribution in [3.63, 3.8) is 0 Å². The van der Waals surface area contributed by atoms with Crippen molar-refractivity contribution in [3.05, 3.63) is 16.7 Å². The number of phosphoric ester groups is 1. The van der Waals surface area contributed by atoms with Crippen LogP contribution in [-0.2, 0) is 31.6 Å². The Labute approximate surface area is 176 Å². The third-order valence-corrected chi connectivity index (χ3v) is 7.77. The molecule has 1 aliphatic rings. The molecule has 1 aromatic rings. The molecule has 0 radical (unpaired) electrons. The molecule has 0 bridgehead atoms. The maximum atomic E-state index is 15.1. The van der Waals surface area contributed by atoms with Crippen molar-refractivity contribution < 1.29 is 65.0 Å². The fourth-order valence-electron chi connectivity index (χ4n) is 2.62. The van der Waals surface area contributed by atoms with Crippen molar-refractivity contribution >= 4 is 29.3 Å². The standard InChI is InChI=1S/C10H17F2N4O13P3/c1-4(27-31(22,23)29-32(24,25)28-30(19,20)21)6-7(17)10(12,3-11)8(26-6)16-9(18)15-5(13)2-14-16/h2,4,6-8,17H,3H2,1H3,(H,22,23)(H,24,25)(H2,13,15,18)(H2,19,20,21)/t4-,6+,7?,8+,10+/m0/s1. The Morgan fingerprint density at radius 3 is 2.38 bits per heavy atom. The number of phosphoric acid groups is 3. The average Bonchev–Trinajstić information content (AvgIpc) is 2.84. The van der Waals surface area contributed by atoms with E-state index in [9.17, 15) is 32.9 Å². The summed E-state index contributed by atoms with van der Waals surface area (Å²) in [4.78, 5) is 50.8. The molecule has 2 rings (SSSR count). The summed E-state index contributed by atoms with van der Waals surface area (Å²) in [6.07, 6.45) is -7.83. The molecule has 0 saturated carbocycles. The molecule has 1 aromatic heterocycles. The lowest BCUT2D eigenvalue weighted by Crippen LogP contribution is -2.48. The number of anilines is 1. The monoisotopic (exact) mass is 532 g/mol. The maximum Gasteiger partial charge on any atom is 0.490 e. The van der Waals surface area contributed by atoms with E-state index in [1.54, 1.807) is 0 Å². The Bertz CT molecular complexity index is 1050. The SMILES string of the molecule is C[C@H](OP(=O)(O)OP(=O)(O)OP(=O)(O)O)[C@H]1O[C@@H](n2ncc(N)nc2=O)[C@@](F)(CF)C1O. The Morgan fingerprint density at radius 1 is 1.28 bits per heavy atom. The zero-order valence-electron chi connectivity index (χ0n) is 15.6. The van der Waals surface area contributed by atoms with Crippen LogP contribution in [0.2, 0.25) is 0 Å². The normalized spacial score (nSPS) is 31.1. The first-order chi connectivity index (χ1) is 14.4. The number of nitrogens with two attached hydrogens (primary N) is 1. The van der Waals surface area contributed by atoms with Crippen molar-refractivity contribution in [1.29, 1.82) is 0 Å². The maximum absolute atomic E-state index is 15.1. The number of ether oxygens (including phenoxy) is 1. The molecular weight excluding hydrogens is 515 g/mol. The van der Waals surface area contributed by atoms with E-state index in [1.165, 1.54) is 0 Å². The van der Waals surface area contributed by atoms with E-state index in [-0.39, 0.29) is 10.5 Å². The minimum atomic E-state index is -5.86. The van der Waals surface area contributed by atoms with Gasteiger partial charge >= 0.3 is 29.2 Å². The molecule has 0 spiro atoms. The van der Waals surface area contributed by atoms with Crippen LogP contribution in [0.25, 0.3) is 0 Å². The largest absolute Gasteiger partial charge is 0.490 e. The second-order valence-corrected chi connectivity index (χ2v) is 10.6. The first kappa shape index (κ1) is 27.0. The van der Waals surface area contributed by atoms with Crippen molar-refractivity contribution in [2.45, 2.75) is 37.1 Å².